The lowest BCUT2D eigenvalue weighted by Crippen LogP contribution is -2.52. The van der Waals surface area contributed by atoms with Crippen molar-refractivity contribution in [2.75, 3.05) is 13.1 Å². The highest BCUT2D eigenvalue weighted by Gasteiger charge is 2.54. The van der Waals surface area contributed by atoms with Gasteiger partial charge in [0.15, 0.2) is 0 Å². The lowest BCUT2D eigenvalue weighted by Gasteiger charge is -2.36. The minimum Gasteiger partial charge on any atom is -0.483 e. The summed E-state index contributed by atoms with van der Waals surface area (Å²) in [4.78, 5) is 46.3. The number of allylic oxidation sites excluding steroid dienone is 2. The van der Waals surface area contributed by atoms with Crippen molar-refractivity contribution in [2.24, 2.45) is 23.5 Å². The number of hydrogen-bond donors (Lipinski definition) is 3. The Kier molecular flexibility index (Phi) is 10.9. The maximum absolute atomic E-state index is 14.4. The van der Waals surface area contributed by atoms with E-state index in [1.807, 2.05) is 31.2 Å². The summed E-state index contributed by atoms with van der Waals surface area (Å²) < 4.78 is 33.1. The van der Waals surface area contributed by atoms with Gasteiger partial charge in [0.25, 0.3) is 0 Å². The van der Waals surface area contributed by atoms with Crippen molar-refractivity contribution in [3.05, 3.63) is 47.7 Å². The van der Waals surface area contributed by atoms with E-state index < -0.39 is 38.4 Å². The second-order valence-electron chi connectivity index (χ2n) is 16.8. The number of aryl methyl sites for hydroxylation is 2. The number of primary amides is 1. The number of ether oxygens (including phenoxy) is 1. The molecule has 3 amide bonds. The topological polar surface area (TPSA) is 161 Å². The summed E-state index contributed by atoms with van der Waals surface area (Å²) in [6.45, 7) is 4.73. The first-order chi connectivity index (χ1) is 25.4. The van der Waals surface area contributed by atoms with Gasteiger partial charge in [-0.3, -0.25) is 19.1 Å². The van der Waals surface area contributed by atoms with E-state index in [2.05, 4.69) is 22.2 Å². The predicted octanol–water partition coefficient (Wildman–Crippen LogP) is 5.37. The lowest BCUT2D eigenvalue weighted by molar-refractivity contribution is -0.139. The van der Waals surface area contributed by atoms with Crippen LogP contribution in [0.5, 0.6) is 5.75 Å². The summed E-state index contributed by atoms with van der Waals surface area (Å²) >= 11 is 0. The van der Waals surface area contributed by atoms with E-state index in [1.54, 1.807) is 11.8 Å². The van der Waals surface area contributed by atoms with Gasteiger partial charge in [0.1, 0.15) is 17.4 Å². The van der Waals surface area contributed by atoms with Crippen LogP contribution in [0.15, 0.2) is 36.4 Å². The third kappa shape index (κ3) is 8.28. The van der Waals surface area contributed by atoms with Crippen LogP contribution in [0.4, 0.5) is 0 Å². The molecule has 5 atom stereocenters. The SMILES string of the molecule is Cc1nc2ccccc2c2c1O[C@]1(CC2)C[C@@H](C(N)=O)N(C(=O)[C@H](CCCCC/C=C\[C@@H]2C[C@@H]2C(=O)NS(=O)(=O)C2(C)CC2)NCCC2CCCC2)C1. The molecule has 53 heavy (non-hydrogen) atoms. The van der Waals surface area contributed by atoms with Gasteiger partial charge in [-0.1, -0.05) is 68.9 Å². The Morgan fingerprint density at radius 1 is 1.11 bits per heavy atom. The van der Waals surface area contributed by atoms with E-state index in [9.17, 15) is 22.8 Å². The number of fused-ring (bicyclic) bond motifs is 3. The Bertz CT molecular complexity index is 1850. The van der Waals surface area contributed by atoms with E-state index >= 15 is 0 Å². The van der Waals surface area contributed by atoms with Gasteiger partial charge in [0, 0.05) is 23.3 Å². The number of nitrogens with zero attached hydrogens (tertiary/aromatic N) is 2. The first-order valence-corrected chi connectivity index (χ1v) is 21.5. The molecule has 2 aromatic rings. The van der Waals surface area contributed by atoms with Crippen LogP contribution in [0.2, 0.25) is 0 Å². The molecule has 4 fully saturated rings. The molecule has 11 nitrogen and oxygen atoms in total. The number of likely N-dealkylation sites (tertiary alicyclic amines) is 1. The van der Waals surface area contributed by atoms with Gasteiger partial charge in [-0.25, -0.2) is 13.4 Å². The van der Waals surface area contributed by atoms with Crippen molar-refractivity contribution in [2.45, 2.75) is 139 Å². The Hall–Kier alpha value is -3.51. The van der Waals surface area contributed by atoms with Gasteiger partial charge in [-0.2, -0.15) is 0 Å². The molecule has 288 valence electrons. The number of unbranched alkanes of at least 4 members (excludes halogenated alkanes) is 3. The number of hydrogen-bond acceptors (Lipinski definition) is 8. The summed E-state index contributed by atoms with van der Waals surface area (Å²) in [5, 5.41) is 4.68. The number of carbonyl (C=O) groups excluding carboxylic acids is 3. The fourth-order valence-corrected chi connectivity index (χ4v) is 10.2. The highest BCUT2D eigenvalue weighted by molar-refractivity contribution is 7.91. The Morgan fingerprint density at radius 3 is 2.64 bits per heavy atom. The van der Waals surface area contributed by atoms with Crippen LogP contribution in [0.3, 0.4) is 0 Å². The van der Waals surface area contributed by atoms with Crippen LogP contribution in [-0.4, -0.2) is 71.5 Å². The number of pyridine rings is 1. The number of para-hydroxylation sites is 1. The Balaban J connectivity index is 0.938. The van der Waals surface area contributed by atoms with E-state index in [0.717, 1.165) is 73.0 Å². The molecule has 3 aliphatic carbocycles. The normalized spacial score (nSPS) is 26.8. The van der Waals surface area contributed by atoms with Crippen molar-refractivity contribution in [3.8, 4) is 5.75 Å². The maximum atomic E-state index is 14.4. The molecule has 1 spiro atoms. The van der Waals surface area contributed by atoms with Crippen molar-refractivity contribution in [1.29, 1.82) is 0 Å². The molecule has 1 aromatic carbocycles. The van der Waals surface area contributed by atoms with Crippen LogP contribution in [0, 0.1) is 24.7 Å². The van der Waals surface area contributed by atoms with E-state index in [-0.39, 0.29) is 23.7 Å². The molecule has 1 aromatic heterocycles. The molecule has 0 unspecified atom stereocenters. The first-order valence-electron chi connectivity index (χ1n) is 20.0. The molecule has 3 heterocycles. The van der Waals surface area contributed by atoms with Crippen molar-refractivity contribution < 1.29 is 27.5 Å². The maximum Gasteiger partial charge on any atom is 0.240 e. The Morgan fingerprint density at radius 2 is 1.89 bits per heavy atom. The molecule has 3 saturated carbocycles. The summed E-state index contributed by atoms with van der Waals surface area (Å²) in [5.74, 6) is 0.334. The molecule has 0 bridgehead atoms. The summed E-state index contributed by atoms with van der Waals surface area (Å²) in [7, 11) is -3.60. The molecule has 1 saturated heterocycles. The quantitative estimate of drug-likeness (QED) is 0.153. The van der Waals surface area contributed by atoms with Gasteiger partial charge < -0.3 is 20.7 Å². The molecular formula is C41H57N5O6S. The number of rotatable bonds is 16. The van der Waals surface area contributed by atoms with Gasteiger partial charge >= 0.3 is 0 Å². The average molecular weight is 748 g/mol. The van der Waals surface area contributed by atoms with Gasteiger partial charge in [0.2, 0.25) is 27.7 Å². The summed E-state index contributed by atoms with van der Waals surface area (Å²) in [6.07, 6.45) is 18.2. The van der Waals surface area contributed by atoms with Gasteiger partial charge in [-0.05, 0) is 96.1 Å². The lowest BCUT2D eigenvalue weighted by atomic mass is 9.87. The smallest absolute Gasteiger partial charge is 0.240 e. The van der Waals surface area contributed by atoms with Crippen LogP contribution in [0.1, 0.15) is 114 Å². The molecule has 2 aliphatic heterocycles. The highest BCUT2D eigenvalue weighted by Crippen LogP contribution is 2.46. The third-order valence-corrected chi connectivity index (χ3v) is 14.9. The minimum atomic E-state index is -3.60. The minimum absolute atomic E-state index is 0.0736. The zero-order chi connectivity index (χ0) is 37.4. The van der Waals surface area contributed by atoms with E-state index in [0.29, 0.717) is 51.0 Å². The number of nitrogens with two attached hydrogens (primary N) is 1. The number of sulfonamides is 1. The van der Waals surface area contributed by atoms with E-state index in [4.69, 9.17) is 15.5 Å². The number of amides is 3. The van der Waals surface area contributed by atoms with Crippen LogP contribution in [0.25, 0.3) is 10.9 Å². The zero-order valence-corrected chi connectivity index (χ0v) is 32.2. The molecule has 4 N–H and O–H groups in total. The fourth-order valence-electron chi connectivity index (χ4n) is 8.93. The molecular weight excluding hydrogens is 691 g/mol. The summed E-state index contributed by atoms with van der Waals surface area (Å²) in [6, 6.07) is 6.95. The van der Waals surface area contributed by atoms with Crippen LogP contribution >= 0.6 is 0 Å². The molecule has 0 radical (unpaired) electrons. The van der Waals surface area contributed by atoms with Crippen LogP contribution in [-0.2, 0) is 30.8 Å². The third-order valence-electron chi connectivity index (χ3n) is 12.8. The number of nitrogens with one attached hydrogen (secondary N) is 2. The number of carbonyl (C=O) groups is 3. The molecule has 7 rings (SSSR count). The van der Waals surface area contributed by atoms with Crippen LogP contribution < -0.4 is 20.5 Å². The second-order valence-corrected chi connectivity index (χ2v) is 19.0. The predicted molar refractivity (Wildman–Crippen MR) is 204 cm³/mol. The van der Waals surface area contributed by atoms with Gasteiger partial charge in [-0.15, -0.1) is 0 Å². The fraction of sp³-hybridized carbons (Fsp3) is 0.659. The monoisotopic (exact) mass is 747 g/mol. The molecule has 12 heteroatoms. The largest absolute Gasteiger partial charge is 0.483 e. The summed E-state index contributed by atoms with van der Waals surface area (Å²) in [5.41, 5.74) is 8.19. The molecule has 5 aliphatic rings. The number of benzene rings is 1. The van der Waals surface area contributed by atoms with Crippen molar-refractivity contribution >= 4 is 38.6 Å². The van der Waals surface area contributed by atoms with E-state index in [1.165, 1.54) is 25.7 Å². The Labute approximate surface area is 314 Å². The van der Waals surface area contributed by atoms with Crippen molar-refractivity contribution in [3.63, 3.8) is 0 Å². The first kappa shape index (κ1) is 37.8. The van der Waals surface area contributed by atoms with Crippen molar-refractivity contribution in [1.82, 2.24) is 19.9 Å². The highest BCUT2D eigenvalue weighted by atomic mass is 32.2. The standard InChI is InChI=1S/C41H57N5O6S/c1-27-36-31(30-15-10-11-16-33(30)44-27)18-20-41(52-36)25-35(37(42)47)46(26-41)39(49)34(43-23-19-28-12-8-9-13-28)17-7-5-3-4-6-14-29-24-32(29)38(48)45-53(50,51)40(2)21-22-40/h6,10-11,14-16,28-29,32,34-35,43H,3-5,7-9,12-13,17-26H2,1-2H3,(H2,42,47)(H,45,48)/b14-6-/t29-,32+,34+,35+,41-/m1/s1. The number of aromatic nitrogens is 1. The average Bonchev–Trinajstić information content (AvgIpc) is 3.98. The van der Waals surface area contributed by atoms with Gasteiger partial charge in [0.05, 0.1) is 28.5 Å². The zero-order valence-electron chi connectivity index (χ0n) is 31.4. The second kappa shape index (κ2) is 15.3.